The van der Waals surface area contributed by atoms with Crippen LogP contribution in [0.3, 0.4) is 0 Å². The molecule has 17 heavy (non-hydrogen) atoms. The lowest BCUT2D eigenvalue weighted by Crippen LogP contribution is -2.23. The number of amides is 1. The zero-order valence-electron chi connectivity index (χ0n) is 9.11. The van der Waals surface area contributed by atoms with Crippen LogP contribution >= 0.6 is 22.9 Å². The van der Waals surface area contributed by atoms with Crippen LogP contribution < -0.4 is 5.32 Å². The first-order valence-corrected chi connectivity index (χ1v) is 6.21. The maximum Gasteiger partial charge on any atom is 0.253 e. The van der Waals surface area contributed by atoms with Crippen molar-refractivity contribution in [3.63, 3.8) is 0 Å². The van der Waals surface area contributed by atoms with Crippen molar-refractivity contribution in [2.24, 2.45) is 0 Å². The second kappa shape index (κ2) is 5.25. The maximum absolute atomic E-state index is 11.8. The van der Waals surface area contributed by atoms with Crippen LogP contribution in [0.25, 0.3) is 0 Å². The Morgan fingerprint density at radius 3 is 3.06 bits per heavy atom. The van der Waals surface area contributed by atoms with Crippen LogP contribution in [0.2, 0.25) is 5.02 Å². The molecule has 2 rings (SSSR count). The molecule has 0 fully saturated rings. The van der Waals surface area contributed by atoms with E-state index in [0.29, 0.717) is 17.1 Å². The monoisotopic (exact) mass is 267 g/mol. The molecule has 0 aliphatic rings. The minimum atomic E-state index is -0.217. The van der Waals surface area contributed by atoms with Crippen LogP contribution in [-0.2, 0) is 6.54 Å². The maximum atomic E-state index is 11.8. The number of hydrogen-bond acceptors (Lipinski definition) is 4. The summed E-state index contributed by atoms with van der Waals surface area (Å²) in [6, 6.07) is 1.59. The van der Waals surface area contributed by atoms with Crippen LogP contribution in [-0.4, -0.2) is 15.9 Å². The second-order valence-electron chi connectivity index (χ2n) is 3.42. The fraction of sp³-hybridized carbons (Fsp3) is 0.182. The highest BCUT2D eigenvalue weighted by Gasteiger charge is 2.10. The lowest BCUT2D eigenvalue weighted by Gasteiger charge is -2.04. The van der Waals surface area contributed by atoms with Crippen LogP contribution in [0.1, 0.15) is 21.1 Å². The van der Waals surface area contributed by atoms with E-state index >= 15 is 0 Å². The minimum absolute atomic E-state index is 0.217. The molecule has 0 spiro atoms. The largest absolute Gasteiger partial charge is 0.345 e. The first kappa shape index (κ1) is 12.0. The van der Waals surface area contributed by atoms with Crippen molar-refractivity contribution in [3.8, 4) is 0 Å². The quantitative estimate of drug-likeness (QED) is 0.929. The van der Waals surface area contributed by atoms with E-state index in [1.54, 1.807) is 6.07 Å². The molecule has 4 nitrogen and oxygen atoms in total. The van der Waals surface area contributed by atoms with E-state index in [1.807, 2.05) is 12.3 Å². The van der Waals surface area contributed by atoms with E-state index in [-0.39, 0.29) is 5.91 Å². The summed E-state index contributed by atoms with van der Waals surface area (Å²) < 4.78 is 0. The summed E-state index contributed by atoms with van der Waals surface area (Å²) in [5, 5.41) is 5.93. The molecule has 0 radical (unpaired) electrons. The highest BCUT2D eigenvalue weighted by Crippen LogP contribution is 2.13. The molecule has 1 N–H and O–H groups in total. The number of carbonyl (C=O) groups is 1. The zero-order valence-corrected chi connectivity index (χ0v) is 10.7. The minimum Gasteiger partial charge on any atom is -0.345 e. The van der Waals surface area contributed by atoms with Crippen LogP contribution in [0.15, 0.2) is 23.8 Å². The van der Waals surface area contributed by atoms with Gasteiger partial charge in [-0.3, -0.25) is 9.78 Å². The number of hydrogen-bond donors (Lipinski definition) is 1. The van der Waals surface area contributed by atoms with Crippen molar-refractivity contribution < 1.29 is 4.79 Å². The average molecular weight is 268 g/mol. The molecule has 1 amide bonds. The van der Waals surface area contributed by atoms with Gasteiger partial charge in [0.25, 0.3) is 5.91 Å². The van der Waals surface area contributed by atoms with Gasteiger partial charge in [0.2, 0.25) is 0 Å². The zero-order chi connectivity index (χ0) is 12.3. The first-order chi connectivity index (χ1) is 8.16. The number of nitrogens with one attached hydrogen (secondary N) is 1. The van der Waals surface area contributed by atoms with Gasteiger partial charge in [0, 0.05) is 23.5 Å². The van der Waals surface area contributed by atoms with E-state index in [0.717, 1.165) is 10.7 Å². The van der Waals surface area contributed by atoms with Gasteiger partial charge >= 0.3 is 0 Å². The third-order valence-corrected chi connectivity index (χ3v) is 3.35. The van der Waals surface area contributed by atoms with Gasteiger partial charge < -0.3 is 5.32 Å². The third kappa shape index (κ3) is 3.01. The summed E-state index contributed by atoms with van der Waals surface area (Å²) >= 11 is 7.39. The van der Waals surface area contributed by atoms with Gasteiger partial charge in [-0.25, -0.2) is 4.98 Å². The Hall–Kier alpha value is -1.46. The van der Waals surface area contributed by atoms with Gasteiger partial charge in [0.05, 0.1) is 17.1 Å². The van der Waals surface area contributed by atoms with Crippen molar-refractivity contribution in [2.45, 2.75) is 13.5 Å². The Labute approximate surface area is 108 Å². The van der Waals surface area contributed by atoms with Crippen LogP contribution in [0.4, 0.5) is 0 Å². The van der Waals surface area contributed by atoms with Gasteiger partial charge in [-0.2, -0.15) is 0 Å². The molecule has 2 aromatic rings. The molecule has 0 atom stereocenters. The van der Waals surface area contributed by atoms with E-state index in [1.165, 1.54) is 23.7 Å². The van der Waals surface area contributed by atoms with Gasteiger partial charge in [0.15, 0.2) is 0 Å². The van der Waals surface area contributed by atoms with Crippen molar-refractivity contribution in [1.82, 2.24) is 15.3 Å². The van der Waals surface area contributed by atoms with E-state index in [2.05, 4.69) is 15.3 Å². The number of thiazole rings is 1. The van der Waals surface area contributed by atoms with Crippen LogP contribution in [0, 0.1) is 6.92 Å². The Balaban J connectivity index is 2.01. The number of nitrogens with zero attached hydrogens (tertiary/aromatic N) is 2. The molecule has 0 bridgehead atoms. The summed E-state index contributed by atoms with van der Waals surface area (Å²) in [4.78, 5) is 19.9. The van der Waals surface area contributed by atoms with E-state index in [9.17, 15) is 4.79 Å². The molecule has 0 aliphatic carbocycles. The van der Waals surface area contributed by atoms with Crippen molar-refractivity contribution in [1.29, 1.82) is 0 Å². The molecular formula is C11H10ClN3OS. The molecule has 88 valence electrons. The average Bonchev–Trinajstić information content (AvgIpc) is 2.73. The number of pyridine rings is 1. The number of aryl methyl sites for hydroxylation is 1. The van der Waals surface area contributed by atoms with Crippen molar-refractivity contribution >= 4 is 28.8 Å². The summed E-state index contributed by atoms with van der Waals surface area (Å²) in [6.07, 6.45) is 2.98. The SMILES string of the molecule is Cc1csc(CNC(=O)c2ccncc2Cl)n1. The molecule has 2 heterocycles. The summed E-state index contributed by atoms with van der Waals surface area (Å²) in [5.74, 6) is -0.217. The van der Waals surface area contributed by atoms with Crippen LogP contribution in [0.5, 0.6) is 0 Å². The second-order valence-corrected chi connectivity index (χ2v) is 4.77. The van der Waals surface area contributed by atoms with Gasteiger partial charge in [-0.1, -0.05) is 11.6 Å². The van der Waals surface area contributed by atoms with Gasteiger partial charge in [-0.15, -0.1) is 11.3 Å². The summed E-state index contributed by atoms with van der Waals surface area (Å²) in [6.45, 7) is 2.33. The number of halogens is 1. The molecule has 0 aromatic carbocycles. The Kier molecular flexibility index (Phi) is 3.71. The number of carbonyl (C=O) groups excluding carboxylic acids is 1. The summed E-state index contributed by atoms with van der Waals surface area (Å²) in [5.41, 5.74) is 1.39. The predicted octanol–water partition coefficient (Wildman–Crippen LogP) is 2.43. The van der Waals surface area contributed by atoms with Crippen molar-refractivity contribution in [2.75, 3.05) is 0 Å². The smallest absolute Gasteiger partial charge is 0.253 e. The normalized spacial score (nSPS) is 10.2. The lowest BCUT2D eigenvalue weighted by atomic mass is 10.2. The molecular weight excluding hydrogens is 258 g/mol. The Morgan fingerprint density at radius 1 is 1.59 bits per heavy atom. The van der Waals surface area contributed by atoms with E-state index in [4.69, 9.17) is 11.6 Å². The van der Waals surface area contributed by atoms with Crippen molar-refractivity contribution in [3.05, 3.63) is 45.1 Å². The summed E-state index contributed by atoms with van der Waals surface area (Å²) in [7, 11) is 0. The highest BCUT2D eigenvalue weighted by atomic mass is 35.5. The molecule has 0 saturated heterocycles. The fourth-order valence-corrected chi connectivity index (χ4v) is 2.21. The molecule has 0 aliphatic heterocycles. The molecule has 0 saturated carbocycles. The standard InChI is InChI=1S/C11H10ClN3OS/c1-7-6-17-10(15-7)5-14-11(16)8-2-3-13-4-9(8)12/h2-4,6H,5H2,1H3,(H,14,16). The Morgan fingerprint density at radius 2 is 2.41 bits per heavy atom. The topological polar surface area (TPSA) is 54.9 Å². The number of aromatic nitrogens is 2. The molecule has 2 aromatic heterocycles. The fourth-order valence-electron chi connectivity index (χ4n) is 1.29. The van der Waals surface area contributed by atoms with E-state index < -0.39 is 0 Å². The predicted molar refractivity (Wildman–Crippen MR) is 67.3 cm³/mol. The number of rotatable bonds is 3. The van der Waals surface area contributed by atoms with Gasteiger partial charge in [0.1, 0.15) is 5.01 Å². The molecule has 6 heteroatoms. The first-order valence-electron chi connectivity index (χ1n) is 4.95. The highest BCUT2D eigenvalue weighted by molar-refractivity contribution is 7.09. The third-order valence-electron chi connectivity index (χ3n) is 2.08. The Bertz CT molecular complexity index is 541. The molecule has 0 unspecified atom stereocenters. The lowest BCUT2D eigenvalue weighted by molar-refractivity contribution is 0.0951. The van der Waals surface area contributed by atoms with Gasteiger partial charge in [-0.05, 0) is 13.0 Å².